The molecule has 0 fully saturated rings. The summed E-state index contributed by atoms with van der Waals surface area (Å²) in [5, 5.41) is 6.62. The van der Waals surface area contributed by atoms with Gasteiger partial charge in [-0.05, 0) is 74.7 Å². The van der Waals surface area contributed by atoms with Crippen molar-refractivity contribution in [3.63, 3.8) is 0 Å². The minimum absolute atomic E-state index is 0.0350. The summed E-state index contributed by atoms with van der Waals surface area (Å²) >= 11 is 7.32. The average Bonchev–Trinajstić information content (AvgIpc) is 3.39. The zero-order chi connectivity index (χ0) is 31.0. The third kappa shape index (κ3) is 5.41. The fourth-order valence-corrected chi connectivity index (χ4v) is 6.60. The highest BCUT2D eigenvalue weighted by Crippen LogP contribution is 2.46. The van der Waals surface area contributed by atoms with E-state index in [0.717, 1.165) is 5.56 Å². The monoisotopic (exact) mass is 628 g/mol. The Bertz CT molecular complexity index is 1870. The molecule has 2 aliphatic rings. The number of urea groups is 1. The van der Waals surface area contributed by atoms with Gasteiger partial charge in [0.2, 0.25) is 0 Å². The van der Waals surface area contributed by atoms with E-state index in [0.29, 0.717) is 74.4 Å². The van der Waals surface area contributed by atoms with E-state index >= 15 is 0 Å². The molecule has 4 heterocycles. The van der Waals surface area contributed by atoms with Gasteiger partial charge in [0.1, 0.15) is 26.2 Å². The molecule has 0 saturated carbocycles. The third-order valence-electron chi connectivity index (χ3n) is 7.50. The number of thiophene rings is 1. The number of rotatable bonds is 7. The molecule has 6 rings (SSSR count). The van der Waals surface area contributed by atoms with Crippen LogP contribution in [0, 0.1) is 6.92 Å². The van der Waals surface area contributed by atoms with Gasteiger partial charge < -0.3 is 26.0 Å². The Hall–Kier alpha value is -4.71. The van der Waals surface area contributed by atoms with Crippen LogP contribution in [-0.2, 0) is 4.79 Å². The molecule has 4 aromatic rings. The number of amides is 4. The molecule has 224 valence electrons. The number of carbonyl (C=O) groups excluding carboxylic acids is 3. The molecule has 0 unspecified atom stereocenters. The quantitative estimate of drug-likeness (QED) is 0.194. The van der Waals surface area contributed by atoms with E-state index in [1.807, 2.05) is 55.5 Å². The topological polar surface area (TPSA) is 130 Å². The molecule has 10 nitrogen and oxygen atoms in total. The van der Waals surface area contributed by atoms with E-state index < -0.39 is 11.9 Å². The molecule has 4 amide bonds. The third-order valence-corrected chi connectivity index (χ3v) is 8.91. The number of nitrogens with one attached hydrogen (secondary N) is 2. The highest BCUT2D eigenvalue weighted by molar-refractivity contribution is 7.21. The smallest absolute Gasteiger partial charge is 0.331 e. The number of pyridine rings is 1. The number of nitrogens with zero attached hydrogens (tertiary/aromatic N) is 3. The second-order valence-corrected chi connectivity index (χ2v) is 11.7. The Kier molecular flexibility index (Phi) is 8.09. The molecular weight excluding hydrogens is 600 g/mol. The van der Waals surface area contributed by atoms with Crippen LogP contribution in [0.1, 0.15) is 35.0 Å². The number of para-hydroxylation sites is 1. The van der Waals surface area contributed by atoms with E-state index in [9.17, 15) is 14.4 Å². The van der Waals surface area contributed by atoms with Gasteiger partial charge in [0.25, 0.3) is 11.8 Å². The number of nitrogens with two attached hydrogens (primary N) is 1. The van der Waals surface area contributed by atoms with Gasteiger partial charge in [0.05, 0.1) is 22.4 Å². The molecule has 2 aromatic heterocycles. The van der Waals surface area contributed by atoms with Crippen molar-refractivity contribution in [1.82, 2.24) is 15.2 Å². The fourth-order valence-electron chi connectivity index (χ4n) is 5.40. The maximum atomic E-state index is 13.7. The average molecular weight is 629 g/mol. The number of halogens is 1. The largest absolute Gasteiger partial charge is 0.457 e. The molecular formula is C32H29ClN6O4S. The Morgan fingerprint density at radius 3 is 2.68 bits per heavy atom. The van der Waals surface area contributed by atoms with Crippen molar-refractivity contribution in [2.24, 2.45) is 5.73 Å². The van der Waals surface area contributed by atoms with E-state index in [1.165, 1.54) is 17.4 Å². The first kappa shape index (κ1) is 29.4. The summed E-state index contributed by atoms with van der Waals surface area (Å²) in [5.41, 5.74) is 9.26. The van der Waals surface area contributed by atoms with Gasteiger partial charge in [-0.1, -0.05) is 29.8 Å². The first-order chi connectivity index (χ1) is 21.3. The van der Waals surface area contributed by atoms with E-state index in [4.69, 9.17) is 22.1 Å². The normalized spacial score (nSPS) is 15.0. The lowest BCUT2D eigenvalue weighted by Gasteiger charge is -2.31. The highest BCUT2D eigenvalue weighted by atomic mass is 35.5. The first-order valence-corrected chi connectivity index (χ1v) is 15.2. The van der Waals surface area contributed by atoms with Gasteiger partial charge in [-0.15, -0.1) is 11.3 Å². The summed E-state index contributed by atoms with van der Waals surface area (Å²) in [4.78, 5) is 48.7. The highest BCUT2D eigenvalue weighted by Gasteiger charge is 2.34. The van der Waals surface area contributed by atoms with Crippen molar-refractivity contribution >= 4 is 68.1 Å². The second-order valence-electron chi connectivity index (χ2n) is 10.3. The predicted molar refractivity (Wildman–Crippen MR) is 173 cm³/mol. The molecule has 4 N–H and O–H groups in total. The van der Waals surface area contributed by atoms with Crippen LogP contribution in [0.4, 0.5) is 21.9 Å². The standard InChI is InChI=1S/C32H29ClN6O4S/c1-18-17-21(43-20-7-4-3-5-8-20)10-11-24(18)39-25-13-15-35-30-26(25)27(37-32(39)42)28(44-30)29(40)36-23-9-6-16-38(19(23)2)31(41)22(33)12-14-34/h3-5,7-8,10-13,15,17H,6,9,14,16,34H2,1-2H3,(H,36,40)(H,37,42)/b22-12-. The maximum absolute atomic E-state index is 13.7. The maximum Gasteiger partial charge on any atom is 0.331 e. The van der Waals surface area contributed by atoms with Crippen LogP contribution in [0.15, 0.2) is 83.3 Å². The van der Waals surface area contributed by atoms with Gasteiger partial charge in [-0.3, -0.25) is 14.5 Å². The molecule has 0 aliphatic carbocycles. The molecule has 2 aromatic carbocycles. The van der Waals surface area contributed by atoms with Crippen molar-refractivity contribution < 1.29 is 19.1 Å². The molecule has 0 radical (unpaired) electrons. The van der Waals surface area contributed by atoms with Crippen molar-refractivity contribution in [1.29, 1.82) is 0 Å². The Morgan fingerprint density at radius 2 is 1.93 bits per heavy atom. The minimum atomic E-state index is -0.400. The van der Waals surface area contributed by atoms with Gasteiger partial charge >= 0.3 is 6.03 Å². The van der Waals surface area contributed by atoms with Gasteiger partial charge in [-0.2, -0.15) is 0 Å². The van der Waals surface area contributed by atoms with Crippen LogP contribution in [0.5, 0.6) is 11.5 Å². The van der Waals surface area contributed by atoms with E-state index in [2.05, 4.69) is 15.6 Å². The number of benzene rings is 2. The summed E-state index contributed by atoms with van der Waals surface area (Å²) in [6.07, 6.45) is 4.31. The zero-order valence-corrected chi connectivity index (χ0v) is 25.6. The fraction of sp³-hybridized carbons (Fsp3) is 0.188. The molecule has 0 spiro atoms. The molecule has 44 heavy (non-hydrogen) atoms. The first-order valence-electron chi connectivity index (χ1n) is 14.0. The molecule has 2 aliphatic heterocycles. The summed E-state index contributed by atoms with van der Waals surface area (Å²) in [6, 6.07) is 16.4. The number of allylic oxidation sites excluding steroid dienone is 2. The van der Waals surface area contributed by atoms with Crippen LogP contribution in [0.25, 0.3) is 10.2 Å². The number of aryl methyl sites for hydroxylation is 1. The Balaban J connectivity index is 1.31. The number of ether oxygens (including phenoxy) is 1. The predicted octanol–water partition coefficient (Wildman–Crippen LogP) is 6.75. The van der Waals surface area contributed by atoms with Crippen LogP contribution < -0.4 is 26.0 Å². The summed E-state index contributed by atoms with van der Waals surface area (Å²) in [7, 11) is 0. The van der Waals surface area contributed by atoms with Crippen molar-refractivity contribution in [2.75, 3.05) is 23.3 Å². The van der Waals surface area contributed by atoms with Crippen LogP contribution in [0.3, 0.4) is 0 Å². The minimum Gasteiger partial charge on any atom is -0.457 e. The SMILES string of the molecule is CC1=C(NC(=O)c2sc3nccc4c3c2NC(=O)N4c2ccc(Oc3ccccc3)cc2C)CCCN1C(=O)/C(Cl)=C/CN. The number of hydrogen-bond donors (Lipinski definition) is 3. The van der Waals surface area contributed by atoms with Crippen molar-refractivity contribution in [3.05, 3.63) is 93.7 Å². The van der Waals surface area contributed by atoms with E-state index in [1.54, 1.807) is 29.0 Å². The van der Waals surface area contributed by atoms with E-state index in [-0.39, 0.29) is 17.5 Å². The number of hydrogen-bond acceptors (Lipinski definition) is 7. The van der Waals surface area contributed by atoms with Crippen LogP contribution >= 0.6 is 22.9 Å². The molecule has 0 bridgehead atoms. The Morgan fingerprint density at radius 1 is 1.14 bits per heavy atom. The van der Waals surface area contributed by atoms with Crippen molar-refractivity contribution in [2.45, 2.75) is 26.7 Å². The number of carbonyl (C=O) groups is 3. The molecule has 12 heteroatoms. The van der Waals surface area contributed by atoms with Crippen LogP contribution in [-0.4, -0.2) is 40.8 Å². The number of anilines is 3. The summed E-state index contributed by atoms with van der Waals surface area (Å²) < 4.78 is 5.97. The molecule has 0 atom stereocenters. The lowest BCUT2D eigenvalue weighted by molar-refractivity contribution is -0.125. The lowest BCUT2D eigenvalue weighted by Crippen LogP contribution is -2.38. The zero-order valence-electron chi connectivity index (χ0n) is 24.0. The number of aromatic nitrogens is 1. The summed E-state index contributed by atoms with van der Waals surface area (Å²) in [5.74, 6) is 0.600. The van der Waals surface area contributed by atoms with Gasteiger partial charge in [0.15, 0.2) is 0 Å². The van der Waals surface area contributed by atoms with Gasteiger partial charge in [0, 0.05) is 30.7 Å². The van der Waals surface area contributed by atoms with Gasteiger partial charge in [-0.25, -0.2) is 9.78 Å². The summed E-state index contributed by atoms with van der Waals surface area (Å²) in [6.45, 7) is 4.30. The lowest BCUT2D eigenvalue weighted by atomic mass is 10.1. The van der Waals surface area contributed by atoms with Crippen LogP contribution in [0.2, 0.25) is 0 Å². The van der Waals surface area contributed by atoms with Crippen molar-refractivity contribution in [3.8, 4) is 11.5 Å². The Labute approximate surface area is 262 Å². The molecule has 0 saturated heterocycles. The second kappa shape index (κ2) is 12.1.